The molecular weight excluding hydrogens is 202 g/mol. The van der Waals surface area contributed by atoms with Crippen LogP contribution in [0.15, 0.2) is 12.1 Å². The van der Waals surface area contributed by atoms with Crippen molar-refractivity contribution in [3.8, 4) is 11.5 Å². The molecule has 2 heterocycles. The Balaban J connectivity index is 1.98. The highest BCUT2D eigenvalue weighted by atomic mass is 16.6. The normalized spacial score (nSPS) is 23.4. The van der Waals surface area contributed by atoms with E-state index in [9.17, 15) is 0 Å². The Morgan fingerprint density at radius 1 is 1.19 bits per heavy atom. The van der Waals surface area contributed by atoms with Gasteiger partial charge in [-0.15, -0.1) is 0 Å². The van der Waals surface area contributed by atoms with Gasteiger partial charge in [-0.1, -0.05) is 0 Å². The molecule has 1 aromatic rings. The molecule has 0 spiro atoms. The van der Waals surface area contributed by atoms with Crippen molar-refractivity contribution >= 4 is 0 Å². The molecule has 2 aliphatic heterocycles. The Labute approximate surface area is 95.8 Å². The Morgan fingerprint density at radius 3 is 2.62 bits per heavy atom. The SMILES string of the molecule is Cc1cc2c(cc1C1CCCN1)OCCO2. The molecule has 0 aliphatic carbocycles. The average Bonchev–Trinajstić information content (AvgIpc) is 2.81. The summed E-state index contributed by atoms with van der Waals surface area (Å²) in [6, 6.07) is 4.74. The lowest BCUT2D eigenvalue weighted by molar-refractivity contribution is 0.171. The zero-order valence-electron chi connectivity index (χ0n) is 9.58. The van der Waals surface area contributed by atoms with Crippen molar-refractivity contribution < 1.29 is 9.47 Å². The topological polar surface area (TPSA) is 30.5 Å². The van der Waals surface area contributed by atoms with Crippen LogP contribution in [0.25, 0.3) is 0 Å². The molecule has 1 N–H and O–H groups in total. The standard InChI is InChI=1S/C13H17NO2/c1-9-7-12-13(16-6-5-15-12)8-10(9)11-3-2-4-14-11/h7-8,11,14H,2-6H2,1H3. The highest BCUT2D eigenvalue weighted by Gasteiger charge is 2.21. The largest absolute Gasteiger partial charge is 0.486 e. The molecule has 1 atom stereocenters. The summed E-state index contributed by atoms with van der Waals surface area (Å²) in [6.45, 7) is 4.59. The zero-order valence-corrected chi connectivity index (χ0v) is 9.58. The van der Waals surface area contributed by atoms with E-state index in [0.29, 0.717) is 19.3 Å². The van der Waals surface area contributed by atoms with E-state index in [1.54, 1.807) is 0 Å². The summed E-state index contributed by atoms with van der Waals surface area (Å²) < 4.78 is 11.2. The minimum atomic E-state index is 0.496. The maximum atomic E-state index is 5.63. The summed E-state index contributed by atoms with van der Waals surface area (Å²) in [5.41, 5.74) is 2.66. The van der Waals surface area contributed by atoms with E-state index in [1.807, 2.05) is 0 Å². The molecule has 0 amide bonds. The van der Waals surface area contributed by atoms with E-state index >= 15 is 0 Å². The van der Waals surface area contributed by atoms with Gasteiger partial charge in [0, 0.05) is 6.04 Å². The number of hydrogen-bond acceptors (Lipinski definition) is 3. The molecule has 1 aromatic carbocycles. The number of rotatable bonds is 1. The van der Waals surface area contributed by atoms with Gasteiger partial charge in [-0.2, -0.15) is 0 Å². The third-order valence-corrected chi connectivity index (χ3v) is 3.37. The molecule has 3 nitrogen and oxygen atoms in total. The average molecular weight is 219 g/mol. The van der Waals surface area contributed by atoms with Crippen molar-refractivity contribution in [3.63, 3.8) is 0 Å². The Bertz CT molecular complexity index is 397. The molecule has 0 aromatic heterocycles. The van der Waals surface area contributed by atoms with Gasteiger partial charge < -0.3 is 14.8 Å². The van der Waals surface area contributed by atoms with Gasteiger partial charge in [0.15, 0.2) is 11.5 Å². The van der Waals surface area contributed by atoms with Crippen LogP contribution in [0, 0.1) is 6.92 Å². The molecule has 0 bridgehead atoms. The van der Waals surface area contributed by atoms with E-state index < -0.39 is 0 Å². The number of fused-ring (bicyclic) bond motifs is 1. The third-order valence-electron chi connectivity index (χ3n) is 3.37. The van der Waals surface area contributed by atoms with Gasteiger partial charge in [0.25, 0.3) is 0 Å². The van der Waals surface area contributed by atoms with Gasteiger partial charge in [0.2, 0.25) is 0 Å². The molecule has 2 aliphatic rings. The first-order valence-electron chi connectivity index (χ1n) is 5.98. The monoisotopic (exact) mass is 219 g/mol. The molecule has 86 valence electrons. The highest BCUT2D eigenvalue weighted by molar-refractivity contribution is 5.48. The van der Waals surface area contributed by atoms with E-state index in [2.05, 4.69) is 24.4 Å². The molecule has 0 radical (unpaired) electrons. The first-order valence-corrected chi connectivity index (χ1v) is 5.98. The van der Waals surface area contributed by atoms with Gasteiger partial charge >= 0.3 is 0 Å². The lowest BCUT2D eigenvalue weighted by Crippen LogP contribution is -2.18. The lowest BCUT2D eigenvalue weighted by Gasteiger charge is -2.22. The van der Waals surface area contributed by atoms with Crippen molar-refractivity contribution in [2.45, 2.75) is 25.8 Å². The summed E-state index contributed by atoms with van der Waals surface area (Å²) in [7, 11) is 0. The molecule has 1 unspecified atom stereocenters. The second kappa shape index (κ2) is 3.98. The van der Waals surface area contributed by atoms with Crippen LogP contribution in [0.1, 0.15) is 30.0 Å². The predicted molar refractivity (Wildman–Crippen MR) is 62.1 cm³/mol. The van der Waals surface area contributed by atoms with Crippen LogP contribution in [0.3, 0.4) is 0 Å². The van der Waals surface area contributed by atoms with Crippen molar-refractivity contribution in [2.24, 2.45) is 0 Å². The Kier molecular flexibility index (Phi) is 2.48. The van der Waals surface area contributed by atoms with Gasteiger partial charge in [0.05, 0.1) is 0 Å². The first kappa shape index (κ1) is 9.97. The number of aryl methyl sites for hydroxylation is 1. The number of ether oxygens (including phenoxy) is 2. The second-order valence-electron chi connectivity index (χ2n) is 4.50. The lowest BCUT2D eigenvalue weighted by atomic mass is 9.99. The van der Waals surface area contributed by atoms with E-state index in [1.165, 1.54) is 24.0 Å². The van der Waals surface area contributed by atoms with Crippen molar-refractivity contribution in [1.29, 1.82) is 0 Å². The molecule has 3 heteroatoms. The van der Waals surface area contributed by atoms with Crippen molar-refractivity contribution in [1.82, 2.24) is 5.32 Å². The van der Waals surface area contributed by atoms with Gasteiger partial charge in [-0.25, -0.2) is 0 Å². The van der Waals surface area contributed by atoms with Gasteiger partial charge in [-0.05, 0) is 49.6 Å². The van der Waals surface area contributed by atoms with Crippen molar-refractivity contribution in [2.75, 3.05) is 19.8 Å². The molecule has 0 saturated carbocycles. The number of hydrogen-bond donors (Lipinski definition) is 1. The van der Waals surface area contributed by atoms with Crippen molar-refractivity contribution in [3.05, 3.63) is 23.3 Å². The summed E-state index contributed by atoms with van der Waals surface area (Å²) in [5.74, 6) is 1.80. The summed E-state index contributed by atoms with van der Waals surface area (Å²) in [4.78, 5) is 0. The molecule has 3 rings (SSSR count). The fourth-order valence-electron chi connectivity index (χ4n) is 2.53. The zero-order chi connectivity index (χ0) is 11.0. The third kappa shape index (κ3) is 1.65. The summed E-state index contributed by atoms with van der Waals surface area (Å²) in [6.07, 6.45) is 2.49. The predicted octanol–water partition coefficient (Wildman–Crippen LogP) is 2.19. The smallest absolute Gasteiger partial charge is 0.161 e. The van der Waals surface area contributed by atoms with E-state index in [4.69, 9.17) is 9.47 Å². The molecular formula is C13H17NO2. The fourth-order valence-corrected chi connectivity index (χ4v) is 2.53. The molecule has 1 saturated heterocycles. The Hall–Kier alpha value is -1.22. The minimum absolute atomic E-state index is 0.496. The van der Waals surface area contributed by atoms with Crippen LogP contribution >= 0.6 is 0 Å². The fraction of sp³-hybridized carbons (Fsp3) is 0.538. The maximum Gasteiger partial charge on any atom is 0.161 e. The van der Waals surface area contributed by atoms with Crippen LogP contribution < -0.4 is 14.8 Å². The maximum absolute atomic E-state index is 5.63. The summed E-state index contributed by atoms with van der Waals surface area (Å²) in [5, 5.41) is 3.52. The quantitative estimate of drug-likeness (QED) is 0.785. The number of nitrogens with one attached hydrogen (secondary N) is 1. The van der Waals surface area contributed by atoms with Crippen LogP contribution in [-0.2, 0) is 0 Å². The van der Waals surface area contributed by atoms with Crippen LogP contribution in [0.5, 0.6) is 11.5 Å². The summed E-state index contributed by atoms with van der Waals surface area (Å²) >= 11 is 0. The highest BCUT2D eigenvalue weighted by Crippen LogP contribution is 2.36. The van der Waals surface area contributed by atoms with Gasteiger partial charge in [0.1, 0.15) is 13.2 Å². The first-order chi connectivity index (χ1) is 7.84. The van der Waals surface area contributed by atoms with E-state index in [0.717, 1.165) is 18.0 Å². The van der Waals surface area contributed by atoms with Gasteiger partial charge in [-0.3, -0.25) is 0 Å². The van der Waals surface area contributed by atoms with E-state index in [-0.39, 0.29) is 0 Å². The second-order valence-corrected chi connectivity index (χ2v) is 4.50. The Morgan fingerprint density at radius 2 is 1.94 bits per heavy atom. The van der Waals surface area contributed by atoms with Crippen LogP contribution in [0.4, 0.5) is 0 Å². The molecule has 16 heavy (non-hydrogen) atoms. The van der Waals surface area contributed by atoms with Crippen LogP contribution in [0.2, 0.25) is 0 Å². The number of benzene rings is 1. The minimum Gasteiger partial charge on any atom is -0.486 e. The van der Waals surface area contributed by atoms with Crippen LogP contribution in [-0.4, -0.2) is 19.8 Å². The molecule has 1 fully saturated rings.